The molecule has 1 saturated carbocycles. The second kappa shape index (κ2) is 7.63. The lowest BCUT2D eigenvalue weighted by Crippen LogP contribution is -2.34. The van der Waals surface area contributed by atoms with Crippen molar-refractivity contribution in [2.75, 3.05) is 13.3 Å². The number of hydrogen-bond acceptors (Lipinski definition) is 4. The molecule has 2 rings (SSSR count). The number of hydrogen-bond donors (Lipinski definition) is 2. The van der Waals surface area contributed by atoms with Crippen LogP contribution in [0.4, 0.5) is 0 Å². The summed E-state index contributed by atoms with van der Waals surface area (Å²) in [6.45, 7) is 0.795. The maximum absolute atomic E-state index is 12.2. The summed E-state index contributed by atoms with van der Waals surface area (Å²) in [6, 6.07) is 7.84. The second-order valence-corrected chi connectivity index (χ2v) is 8.48. The summed E-state index contributed by atoms with van der Waals surface area (Å²) in [5.74, 6) is 0.0628. The Kier molecular flexibility index (Phi) is 6.10. The molecule has 0 bridgehead atoms. The summed E-state index contributed by atoms with van der Waals surface area (Å²) in [6.07, 6.45) is 5.09. The molecule has 0 spiro atoms. The summed E-state index contributed by atoms with van der Waals surface area (Å²) < 4.78 is 27.3. The molecule has 0 radical (unpaired) electrons. The van der Waals surface area contributed by atoms with Crippen LogP contribution in [0.25, 0.3) is 0 Å². The zero-order chi connectivity index (χ0) is 15.3. The molecule has 2 N–H and O–H groups in total. The zero-order valence-corrected chi connectivity index (χ0v) is 14.3. The van der Waals surface area contributed by atoms with Gasteiger partial charge in [0.15, 0.2) is 0 Å². The molecule has 1 aliphatic carbocycles. The fourth-order valence-corrected chi connectivity index (χ4v) is 4.97. The van der Waals surface area contributed by atoms with Crippen LogP contribution >= 0.6 is 11.8 Å². The third kappa shape index (κ3) is 5.29. The van der Waals surface area contributed by atoms with Gasteiger partial charge in [0, 0.05) is 17.8 Å². The summed E-state index contributed by atoms with van der Waals surface area (Å²) in [5, 5.41) is 3.67. The Morgan fingerprint density at radius 2 is 1.86 bits per heavy atom. The van der Waals surface area contributed by atoms with E-state index in [1.165, 1.54) is 0 Å². The van der Waals surface area contributed by atoms with E-state index in [1.54, 1.807) is 0 Å². The minimum absolute atomic E-state index is 0.0628. The number of thioether (sulfide) groups is 1. The molecule has 1 aromatic rings. The van der Waals surface area contributed by atoms with E-state index in [9.17, 15) is 8.42 Å². The smallest absolute Gasteiger partial charge is 0.216 e. The molecule has 2 unspecified atom stereocenters. The number of benzene rings is 1. The summed E-state index contributed by atoms with van der Waals surface area (Å²) >= 11 is 1.83. The first kappa shape index (κ1) is 16.8. The molecule has 0 heterocycles. The molecule has 1 aliphatic rings. The molecule has 1 fully saturated rings. The third-order valence-corrected chi connectivity index (χ3v) is 6.33. The Hall–Kier alpha value is -0.560. The van der Waals surface area contributed by atoms with Crippen molar-refractivity contribution >= 4 is 21.8 Å². The Bertz CT molecular complexity index is 543. The van der Waals surface area contributed by atoms with Crippen LogP contribution in [0, 0.1) is 0 Å². The maximum atomic E-state index is 12.2. The molecule has 6 heteroatoms. The van der Waals surface area contributed by atoms with Gasteiger partial charge >= 0.3 is 0 Å². The Balaban J connectivity index is 1.91. The monoisotopic (exact) mass is 328 g/mol. The lowest BCUT2D eigenvalue weighted by molar-refractivity contribution is 0.552. The van der Waals surface area contributed by atoms with Crippen molar-refractivity contribution in [1.29, 1.82) is 0 Å². The average molecular weight is 329 g/mol. The van der Waals surface area contributed by atoms with Crippen molar-refractivity contribution < 1.29 is 8.42 Å². The first-order valence-corrected chi connectivity index (χ1v) is 10.2. The van der Waals surface area contributed by atoms with E-state index in [-0.39, 0.29) is 11.8 Å². The van der Waals surface area contributed by atoms with Crippen molar-refractivity contribution in [3.63, 3.8) is 0 Å². The Morgan fingerprint density at radius 1 is 1.19 bits per heavy atom. The van der Waals surface area contributed by atoms with Crippen LogP contribution in [0.3, 0.4) is 0 Å². The minimum atomic E-state index is -3.25. The second-order valence-electron chi connectivity index (χ2n) is 5.59. The lowest BCUT2D eigenvalue weighted by atomic mass is 10.1. The molecular formula is C15H24N2O2S2. The van der Waals surface area contributed by atoms with Crippen LogP contribution in [0.5, 0.6) is 0 Å². The first-order chi connectivity index (χ1) is 10.0. The van der Waals surface area contributed by atoms with Crippen LogP contribution in [0.2, 0.25) is 0 Å². The van der Waals surface area contributed by atoms with Crippen LogP contribution in [0.1, 0.15) is 30.4 Å². The SMILES string of the molecule is CNCc1ccc(CS(=O)(=O)NC2CCC(SC)C2)cc1. The number of rotatable bonds is 7. The van der Waals surface area contributed by atoms with Crippen molar-refractivity contribution in [2.45, 2.75) is 42.9 Å². The van der Waals surface area contributed by atoms with Gasteiger partial charge in [0.25, 0.3) is 0 Å². The van der Waals surface area contributed by atoms with Crippen molar-refractivity contribution in [3.05, 3.63) is 35.4 Å². The van der Waals surface area contributed by atoms with Gasteiger partial charge in [0.1, 0.15) is 0 Å². The predicted octanol–water partition coefficient (Wildman–Crippen LogP) is 2.11. The van der Waals surface area contributed by atoms with Crippen molar-refractivity contribution in [2.24, 2.45) is 0 Å². The molecule has 0 amide bonds. The summed E-state index contributed by atoms with van der Waals surface area (Å²) in [5.41, 5.74) is 1.99. The van der Waals surface area contributed by atoms with Gasteiger partial charge < -0.3 is 5.32 Å². The minimum Gasteiger partial charge on any atom is -0.316 e. The zero-order valence-electron chi connectivity index (χ0n) is 12.6. The van der Waals surface area contributed by atoms with E-state index in [1.807, 2.05) is 43.1 Å². The molecule has 0 saturated heterocycles. The fraction of sp³-hybridized carbons (Fsp3) is 0.600. The highest BCUT2D eigenvalue weighted by molar-refractivity contribution is 7.99. The normalized spacial score (nSPS) is 22.6. The number of nitrogens with one attached hydrogen (secondary N) is 2. The van der Waals surface area contributed by atoms with Crippen LogP contribution in [-0.4, -0.2) is 33.0 Å². The van der Waals surface area contributed by atoms with Gasteiger partial charge in [-0.2, -0.15) is 11.8 Å². The maximum Gasteiger partial charge on any atom is 0.216 e. The van der Waals surface area contributed by atoms with Crippen LogP contribution in [-0.2, 0) is 22.3 Å². The molecule has 0 aliphatic heterocycles. The van der Waals surface area contributed by atoms with Gasteiger partial charge in [-0.3, -0.25) is 0 Å². The van der Waals surface area contributed by atoms with Gasteiger partial charge in [0.2, 0.25) is 10.0 Å². The van der Waals surface area contributed by atoms with E-state index in [0.717, 1.165) is 36.9 Å². The first-order valence-electron chi connectivity index (χ1n) is 7.27. The quantitative estimate of drug-likeness (QED) is 0.805. The third-order valence-electron chi connectivity index (χ3n) is 3.82. The molecule has 0 aromatic heterocycles. The van der Waals surface area contributed by atoms with Gasteiger partial charge in [0.05, 0.1) is 5.75 Å². The molecular weight excluding hydrogens is 304 g/mol. The molecule has 2 atom stereocenters. The van der Waals surface area contributed by atoms with E-state index in [0.29, 0.717) is 5.25 Å². The average Bonchev–Trinajstić information content (AvgIpc) is 2.88. The van der Waals surface area contributed by atoms with E-state index >= 15 is 0 Å². The molecule has 21 heavy (non-hydrogen) atoms. The number of sulfonamides is 1. The van der Waals surface area contributed by atoms with Crippen LogP contribution < -0.4 is 10.0 Å². The fourth-order valence-electron chi connectivity index (χ4n) is 2.73. The summed E-state index contributed by atoms with van der Waals surface area (Å²) in [4.78, 5) is 0. The Labute approximate surface area is 132 Å². The van der Waals surface area contributed by atoms with Gasteiger partial charge in [-0.25, -0.2) is 13.1 Å². The van der Waals surface area contributed by atoms with E-state index < -0.39 is 10.0 Å². The van der Waals surface area contributed by atoms with Crippen molar-refractivity contribution in [3.8, 4) is 0 Å². The van der Waals surface area contributed by atoms with Crippen LogP contribution in [0.15, 0.2) is 24.3 Å². The van der Waals surface area contributed by atoms with Gasteiger partial charge in [-0.1, -0.05) is 24.3 Å². The summed E-state index contributed by atoms with van der Waals surface area (Å²) in [7, 11) is -1.36. The molecule has 1 aromatic carbocycles. The topological polar surface area (TPSA) is 58.2 Å². The van der Waals surface area contributed by atoms with Gasteiger partial charge in [-0.05, 0) is 43.7 Å². The highest BCUT2D eigenvalue weighted by Gasteiger charge is 2.27. The largest absolute Gasteiger partial charge is 0.316 e. The molecule has 118 valence electrons. The Morgan fingerprint density at radius 3 is 2.43 bits per heavy atom. The predicted molar refractivity (Wildman–Crippen MR) is 89.9 cm³/mol. The van der Waals surface area contributed by atoms with Gasteiger partial charge in [-0.15, -0.1) is 0 Å². The standard InChI is InChI=1S/C15H24N2O2S2/c1-16-10-12-3-5-13(6-4-12)11-21(18,19)17-14-7-8-15(9-14)20-2/h3-6,14-17H,7-11H2,1-2H3. The van der Waals surface area contributed by atoms with E-state index in [2.05, 4.69) is 16.3 Å². The van der Waals surface area contributed by atoms with Crippen molar-refractivity contribution in [1.82, 2.24) is 10.0 Å². The van der Waals surface area contributed by atoms with E-state index in [4.69, 9.17) is 0 Å². The molecule has 4 nitrogen and oxygen atoms in total. The lowest BCUT2D eigenvalue weighted by Gasteiger charge is -2.13. The highest BCUT2D eigenvalue weighted by Crippen LogP contribution is 2.28. The highest BCUT2D eigenvalue weighted by atomic mass is 32.2.